The van der Waals surface area contributed by atoms with Crippen molar-refractivity contribution in [3.63, 3.8) is 0 Å². The van der Waals surface area contributed by atoms with Gasteiger partial charge in [-0.1, -0.05) is 58.7 Å². The van der Waals surface area contributed by atoms with Gasteiger partial charge in [-0.25, -0.2) is 0 Å². The lowest BCUT2D eigenvalue weighted by Gasteiger charge is -2.23. The van der Waals surface area contributed by atoms with E-state index in [1.165, 1.54) is 89.0 Å². The maximum atomic E-state index is 14.5. The molecule has 0 bridgehead atoms. The molecule has 0 fully saturated rings. The second kappa shape index (κ2) is 8.60. The zero-order valence-electron chi connectivity index (χ0n) is 23.4. The van der Waals surface area contributed by atoms with Crippen molar-refractivity contribution in [2.45, 2.75) is 69.2 Å². The maximum absolute atomic E-state index is 14.5. The van der Waals surface area contributed by atoms with E-state index in [1.54, 1.807) is 0 Å². The van der Waals surface area contributed by atoms with Crippen molar-refractivity contribution >= 4 is 18.4 Å². The minimum Gasteiger partial charge on any atom is -0.317 e. The molecule has 1 nitrogen and oxygen atoms in total. The van der Waals surface area contributed by atoms with Crippen molar-refractivity contribution < 1.29 is 4.57 Å². The van der Waals surface area contributed by atoms with Crippen molar-refractivity contribution in [2.75, 3.05) is 0 Å². The molecule has 0 amide bonds. The summed E-state index contributed by atoms with van der Waals surface area (Å²) in [7, 11) is -2.16. The molecule has 1 heterocycles. The summed E-state index contributed by atoms with van der Waals surface area (Å²) >= 11 is 0. The molecule has 5 rings (SSSR count). The molecule has 0 atom stereocenters. The smallest absolute Gasteiger partial charge is 0.133 e. The molecule has 4 aromatic carbocycles. The van der Waals surface area contributed by atoms with Gasteiger partial charge in [-0.15, -0.1) is 0 Å². The van der Waals surface area contributed by atoms with Gasteiger partial charge < -0.3 is 4.57 Å². The quantitative estimate of drug-likeness (QED) is 0.226. The minimum absolute atomic E-state index is 1.07. The normalized spacial score (nSPS) is 12.7. The van der Waals surface area contributed by atoms with Gasteiger partial charge in [0, 0.05) is 21.7 Å². The van der Waals surface area contributed by atoms with Crippen LogP contribution in [0.2, 0.25) is 0 Å². The van der Waals surface area contributed by atoms with Crippen LogP contribution in [0.3, 0.4) is 0 Å². The third-order valence-corrected chi connectivity index (χ3v) is 10.6. The Kier molecular flexibility index (Phi) is 5.92. The second-order valence-electron chi connectivity index (χ2n) is 11.1. The average molecular weight is 493 g/mol. The first-order valence-corrected chi connectivity index (χ1v) is 14.3. The molecule has 0 aromatic heterocycles. The molecule has 0 N–H and O–H groups in total. The third-order valence-electron chi connectivity index (χ3n) is 8.47. The van der Waals surface area contributed by atoms with E-state index in [1.807, 2.05) is 0 Å². The van der Waals surface area contributed by atoms with Crippen LogP contribution in [0.4, 0.5) is 0 Å². The van der Waals surface area contributed by atoms with Gasteiger partial charge in [0.25, 0.3) is 0 Å². The summed E-state index contributed by atoms with van der Waals surface area (Å²) in [6.45, 7) is 21.9. The molecule has 0 unspecified atom stereocenters. The molecule has 4 aromatic rings. The molecule has 2 heteroatoms. The summed E-state index contributed by atoms with van der Waals surface area (Å²) in [5.41, 5.74) is 19.9. The largest absolute Gasteiger partial charge is 0.317 e. The van der Waals surface area contributed by atoms with Crippen molar-refractivity contribution in [1.29, 1.82) is 0 Å². The topological polar surface area (TPSA) is 17.1 Å². The highest BCUT2D eigenvalue weighted by Crippen LogP contribution is 2.52. The second-order valence-corrected chi connectivity index (χ2v) is 12.7. The highest BCUT2D eigenvalue weighted by Gasteiger charge is 2.36. The van der Waals surface area contributed by atoms with Gasteiger partial charge in [-0.3, -0.25) is 0 Å². The van der Waals surface area contributed by atoms with Crippen LogP contribution in [0, 0.1) is 69.2 Å². The van der Waals surface area contributed by atoms with Crippen LogP contribution in [0.5, 0.6) is 0 Å². The van der Waals surface area contributed by atoms with Gasteiger partial charge in [-0.2, -0.15) is 0 Å². The van der Waals surface area contributed by atoms with E-state index in [9.17, 15) is 4.57 Å². The van der Waals surface area contributed by atoms with Crippen LogP contribution >= 0.6 is 7.80 Å². The molecule has 0 saturated carbocycles. The predicted octanol–water partition coefficient (Wildman–Crippen LogP) is 8.60. The number of hydrogen-bond acceptors (Lipinski definition) is 1. The fraction of sp³-hybridized carbons (Fsp3) is 0.294. The first kappa shape index (κ1) is 24.8. The average Bonchev–Trinajstić information content (AvgIpc) is 3.07. The molecule has 1 aliphatic rings. The van der Waals surface area contributed by atoms with Gasteiger partial charge in [0.1, 0.15) is 7.80 Å². The summed E-state index contributed by atoms with van der Waals surface area (Å²) in [6, 6.07) is 13.6. The molecule has 0 saturated heterocycles. The van der Waals surface area contributed by atoms with Crippen LogP contribution in [0.1, 0.15) is 55.6 Å². The molecule has 0 spiro atoms. The lowest BCUT2D eigenvalue weighted by molar-refractivity contribution is 0.598. The van der Waals surface area contributed by atoms with E-state index in [0.717, 1.165) is 10.6 Å². The lowest BCUT2D eigenvalue weighted by Crippen LogP contribution is -2.10. The Hall–Kier alpha value is -2.89. The van der Waals surface area contributed by atoms with Crippen LogP contribution < -0.4 is 10.6 Å². The predicted molar refractivity (Wildman–Crippen MR) is 158 cm³/mol. The number of fused-ring (bicyclic) bond motifs is 3. The van der Waals surface area contributed by atoms with Gasteiger partial charge >= 0.3 is 0 Å². The minimum atomic E-state index is -2.16. The standard InChI is InChI=1S/C34H37OP/c1-17-11-18(2)14-27(13-17)29-23(7)21(5)25(9)33-31(29)32-30(28-15-19(3)12-20(4)16-28)24(8)22(6)26(10)34(32)36(33)35/h11-16,36H,1-10H3. The van der Waals surface area contributed by atoms with E-state index in [0.29, 0.717) is 0 Å². The highest BCUT2D eigenvalue weighted by atomic mass is 31.1. The first-order valence-electron chi connectivity index (χ1n) is 12.9. The van der Waals surface area contributed by atoms with E-state index in [4.69, 9.17) is 0 Å². The summed E-state index contributed by atoms with van der Waals surface area (Å²) in [4.78, 5) is 0. The van der Waals surface area contributed by atoms with Crippen LogP contribution in [-0.2, 0) is 4.57 Å². The number of rotatable bonds is 2. The molecular weight excluding hydrogens is 455 g/mol. The summed E-state index contributed by atoms with van der Waals surface area (Å²) in [5.74, 6) is 0. The monoisotopic (exact) mass is 492 g/mol. The van der Waals surface area contributed by atoms with E-state index in [2.05, 4.69) is 106 Å². The van der Waals surface area contributed by atoms with Gasteiger partial charge in [0.05, 0.1) is 0 Å². The van der Waals surface area contributed by atoms with Crippen LogP contribution in [0.25, 0.3) is 33.4 Å². The first-order chi connectivity index (χ1) is 16.9. The van der Waals surface area contributed by atoms with Crippen molar-refractivity contribution in [2.24, 2.45) is 0 Å². The van der Waals surface area contributed by atoms with Crippen LogP contribution in [0.15, 0.2) is 36.4 Å². The van der Waals surface area contributed by atoms with Gasteiger partial charge in [-0.05, 0) is 125 Å². The number of hydrogen-bond donors (Lipinski definition) is 0. The number of aryl methyl sites for hydroxylation is 4. The third kappa shape index (κ3) is 3.55. The maximum Gasteiger partial charge on any atom is 0.133 e. The Bertz CT molecular complexity index is 1470. The summed E-state index contributed by atoms with van der Waals surface area (Å²) < 4.78 is 14.5. The van der Waals surface area contributed by atoms with E-state index in [-0.39, 0.29) is 0 Å². The lowest BCUT2D eigenvalue weighted by atomic mass is 9.80. The van der Waals surface area contributed by atoms with Crippen molar-refractivity contribution in [3.05, 3.63) is 92.0 Å². The molecule has 184 valence electrons. The zero-order valence-corrected chi connectivity index (χ0v) is 24.4. The Balaban J connectivity index is 2.04. The van der Waals surface area contributed by atoms with E-state index < -0.39 is 7.80 Å². The SMILES string of the molecule is Cc1cc(C)cc(-c2c(C)c(C)c(C)c3c2-c2c(-c4cc(C)cc(C)c4)c(C)c(C)c(C)c2[PH]3=O)c1. The van der Waals surface area contributed by atoms with Crippen molar-refractivity contribution in [1.82, 2.24) is 0 Å². The Labute approximate surface area is 217 Å². The zero-order chi connectivity index (χ0) is 26.2. The number of benzene rings is 4. The Morgan fingerprint density at radius 3 is 1.00 bits per heavy atom. The highest BCUT2D eigenvalue weighted by molar-refractivity contribution is 7.63. The summed E-state index contributed by atoms with van der Waals surface area (Å²) in [6.07, 6.45) is 0. The molecule has 0 radical (unpaired) electrons. The Morgan fingerprint density at radius 2 is 0.694 bits per heavy atom. The van der Waals surface area contributed by atoms with E-state index >= 15 is 0 Å². The van der Waals surface area contributed by atoms with Gasteiger partial charge in [0.15, 0.2) is 0 Å². The molecule has 0 aliphatic carbocycles. The Morgan fingerprint density at radius 1 is 0.389 bits per heavy atom. The fourth-order valence-electron chi connectivity index (χ4n) is 6.46. The molecule has 36 heavy (non-hydrogen) atoms. The van der Waals surface area contributed by atoms with Gasteiger partial charge in [0.2, 0.25) is 0 Å². The van der Waals surface area contributed by atoms with Crippen LogP contribution in [-0.4, -0.2) is 0 Å². The van der Waals surface area contributed by atoms with Crippen molar-refractivity contribution in [3.8, 4) is 33.4 Å². The summed E-state index contributed by atoms with van der Waals surface area (Å²) in [5, 5.41) is 2.15. The fourth-order valence-corrected chi connectivity index (χ4v) is 8.73. The molecular formula is C34H37OP. The molecule has 1 aliphatic heterocycles.